The van der Waals surface area contributed by atoms with Crippen molar-refractivity contribution in [3.63, 3.8) is 0 Å². The third kappa shape index (κ3) is 3.46. The molecule has 0 unspecified atom stereocenters. The fraction of sp³-hybridized carbons (Fsp3) is 0.0938. The average Bonchev–Trinajstić information content (AvgIpc) is 3.15. The molecule has 3 heteroatoms. The van der Waals surface area contributed by atoms with Crippen LogP contribution in [0.4, 0.5) is 0 Å². The first-order valence-corrected chi connectivity index (χ1v) is 17.8. The minimum atomic E-state index is -2.14. The van der Waals surface area contributed by atoms with E-state index in [-0.39, 0.29) is 0 Å². The molecule has 0 atom stereocenters. The molecule has 0 amide bonds. The molecule has 0 bridgehead atoms. The summed E-state index contributed by atoms with van der Waals surface area (Å²) in [6, 6.07) is 42.4. The Morgan fingerprint density at radius 1 is 0.571 bits per heavy atom. The number of fused-ring (bicyclic) bond motifs is 3. The lowest BCUT2D eigenvalue weighted by atomic mass is 10.0. The molecule has 1 aliphatic rings. The molecule has 0 saturated heterocycles. The first-order valence-electron chi connectivity index (χ1n) is 12.3. The summed E-state index contributed by atoms with van der Waals surface area (Å²) in [6.45, 7) is 7.36. The second-order valence-electron chi connectivity index (χ2n) is 10.2. The van der Waals surface area contributed by atoms with Crippen molar-refractivity contribution in [1.29, 1.82) is 0 Å². The summed E-state index contributed by atoms with van der Waals surface area (Å²) in [5.74, 6) is 0. The molecule has 0 N–H and O–H groups in total. The van der Waals surface area contributed by atoms with Crippen LogP contribution in [0.25, 0.3) is 22.4 Å². The first-order chi connectivity index (χ1) is 17.0. The van der Waals surface area contributed by atoms with E-state index in [0.717, 1.165) is 5.69 Å². The van der Waals surface area contributed by atoms with Gasteiger partial charge in [-0.3, -0.25) is 4.98 Å². The minimum Gasteiger partial charge on any atom is -0.256 e. The summed E-state index contributed by atoms with van der Waals surface area (Å²) in [7, 11) is -3.77. The Balaban J connectivity index is 1.43. The molecule has 4 aromatic carbocycles. The van der Waals surface area contributed by atoms with Crippen molar-refractivity contribution in [2.45, 2.75) is 19.6 Å². The molecule has 1 aliphatic heterocycles. The van der Waals surface area contributed by atoms with Crippen molar-refractivity contribution in [3.8, 4) is 22.4 Å². The molecule has 0 fully saturated rings. The molecular weight excluding hydrogens is 455 g/mol. The van der Waals surface area contributed by atoms with Crippen LogP contribution in [-0.2, 0) is 0 Å². The van der Waals surface area contributed by atoms with Crippen LogP contribution in [0.15, 0.2) is 121 Å². The second-order valence-corrected chi connectivity index (χ2v) is 18.5. The van der Waals surface area contributed by atoms with Crippen LogP contribution in [0, 0.1) is 0 Å². The predicted octanol–water partition coefficient (Wildman–Crippen LogP) is 4.65. The molecular formula is C32H29NSi2. The number of aromatic nitrogens is 1. The molecule has 5 aromatic rings. The summed E-state index contributed by atoms with van der Waals surface area (Å²) < 4.78 is 0. The van der Waals surface area contributed by atoms with E-state index in [4.69, 9.17) is 4.98 Å². The van der Waals surface area contributed by atoms with Gasteiger partial charge in [-0.1, -0.05) is 123 Å². The van der Waals surface area contributed by atoms with Gasteiger partial charge in [0.05, 0.1) is 5.69 Å². The topological polar surface area (TPSA) is 12.9 Å². The molecule has 170 valence electrons. The van der Waals surface area contributed by atoms with Gasteiger partial charge in [0.25, 0.3) is 0 Å². The quantitative estimate of drug-likeness (QED) is 0.339. The van der Waals surface area contributed by atoms with Crippen LogP contribution in [0.1, 0.15) is 0 Å². The number of nitrogens with zero attached hydrogens (tertiary/aromatic N) is 1. The fourth-order valence-electron chi connectivity index (χ4n) is 5.78. The summed E-state index contributed by atoms with van der Waals surface area (Å²) in [5.41, 5.74) is 5.04. The lowest BCUT2D eigenvalue weighted by Crippen LogP contribution is -2.64. The Morgan fingerprint density at radius 2 is 1.17 bits per heavy atom. The van der Waals surface area contributed by atoms with Crippen LogP contribution in [0.5, 0.6) is 0 Å². The van der Waals surface area contributed by atoms with Crippen molar-refractivity contribution >= 4 is 42.1 Å². The highest BCUT2D eigenvalue weighted by Crippen LogP contribution is 2.31. The minimum absolute atomic E-state index is 1.04. The smallest absolute Gasteiger partial charge is 0.147 e. The maximum atomic E-state index is 5.03. The number of pyridine rings is 1. The summed E-state index contributed by atoms with van der Waals surface area (Å²) in [4.78, 5) is 5.03. The Kier molecular flexibility index (Phi) is 5.20. The van der Waals surface area contributed by atoms with E-state index in [0.29, 0.717) is 0 Å². The van der Waals surface area contributed by atoms with E-state index in [2.05, 4.69) is 141 Å². The van der Waals surface area contributed by atoms with Crippen molar-refractivity contribution in [3.05, 3.63) is 121 Å². The lowest BCUT2D eigenvalue weighted by molar-refractivity contribution is 1.34. The van der Waals surface area contributed by atoms with Crippen LogP contribution >= 0.6 is 0 Å². The van der Waals surface area contributed by atoms with Crippen molar-refractivity contribution in [1.82, 2.24) is 4.98 Å². The Labute approximate surface area is 210 Å². The third-order valence-electron chi connectivity index (χ3n) is 7.92. The van der Waals surface area contributed by atoms with Gasteiger partial charge in [-0.05, 0) is 49.2 Å². The largest absolute Gasteiger partial charge is 0.256 e. The molecule has 0 aliphatic carbocycles. The Bertz CT molecular complexity index is 1470. The standard InChI is InChI=1S/C32H29NSi2/c1-34(2)31-17-11-10-16-28(31)29-22-24(18-21-32(29)34)30-20-19-27(23-33-30)35(3,25-12-6-4-7-13-25)26-14-8-5-9-15-26/h4-23H,1-3H3. The molecule has 2 heterocycles. The maximum Gasteiger partial charge on any atom is 0.147 e. The number of benzene rings is 4. The predicted molar refractivity (Wildman–Crippen MR) is 155 cm³/mol. The molecule has 1 nitrogen and oxygen atoms in total. The van der Waals surface area contributed by atoms with E-state index < -0.39 is 16.1 Å². The van der Waals surface area contributed by atoms with Crippen LogP contribution < -0.4 is 25.9 Å². The van der Waals surface area contributed by atoms with Crippen molar-refractivity contribution < 1.29 is 0 Å². The highest BCUT2D eigenvalue weighted by Gasteiger charge is 2.37. The van der Waals surface area contributed by atoms with Gasteiger partial charge in [0.1, 0.15) is 16.1 Å². The van der Waals surface area contributed by atoms with Crippen LogP contribution in [0.2, 0.25) is 19.6 Å². The summed E-state index contributed by atoms with van der Waals surface area (Å²) in [6.07, 6.45) is 2.13. The van der Waals surface area contributed by atoms with E-state index in [1.165, 1.54) is 37.4 Å². The van der Waals surface area contributed by atoms with Crippen molar-refractivity contribution in [2.75, 3.05) is 0 Å². The number of hydrogen-bond acceptors (Lipinski definition) is 1. The normalized spacial score (nSPS) is 13.8. The van der Waals surface area contributed by atoms with E-state index >= 15 is 0 Å². The molecule has 6 rings (SSSR count). The van der Waals surface area contributed by atoms with Gasteiger partial charge in [-0.15, -0.1) is 0 Å². The average molecular weight is 484 g/mol. The molecule has 1 aromatic heterocycles. The van der Waals surface area contributed by atoms with Crippen LogP contribution in [-0.4, -0.2) is 21.1 Å². The monoisotopic (exact) mass is 483 g/mol. The Morgan fingerprint density at radius 3 is 1.80 bits per heavy atom. The molecule has 0 spiro atoms. The molecule has 0 radical (unpaired) electrons. The van der Waals surface area contributed by atoms with E-state index in [1.54, 1.807) is 5.19 Å². The highest BCUT2D eigenvalue weighted by atomic mass is 28.3. The van der Waals surface area contributed by atoms with Gasteiger partial charge in [0.2, 0.25) is 0 Å². The van der Waals surface area contributed by atoms with E-state index in [9.17, 15) is 0 Å². The van der Waals surface area contributed by atoms with Crippen LogP contribution in [0.3, 0.4) is 0 Å². The first kappa shape index (κ1) is 22.0. The summed E-state index contributed by atoms with van der Waals surface area (Å²) in [5, 5.41) is 7.22. The maximum absolute atomic E-state index is 5.03. The zero-order chi connectivity index (χ0) is 24.0. The highest BCUT2D eigenvalue weighted by molar-refractivity contribution is 7.10. The lowest BCUT2D eigenvalue weighted by Gasteiger charge is -2.29. The second kappa shape index (κ2) is 8.30. The zero-order valence-corrected chi connectivity index (χ0v) is 22.5. The van der Waals surface area contributed by atoms with Gasteiger partial charge in [-0.25, -0.2) is 0 Å². The van der Waals surface area contributed by atoms with Gasteiger partial charge < -0.3 is 0 Å². The van der Waals surface area contributed by atoms with E-state index in [1.807, 2.05) is 0 Å². The molecule has 0 saturated carbocycles. The third-order valence-corrected chi connectivity index (χ3v) is 15.9. The number of rotatable bonds is 4. The van der Waals surface area contributed by atoms with Gasteiger partial charge in [-0.2, -0.15) is 0 Å². The Hall–Kier alpha value is -3.54. The van der Waals surface area contributed by atoms with Gasteiger partial charge in [0.15, 0.2) is 0 Å². The van der Waals surface area contributed by atoms with Gasteiger partial charge in [0, 0.05) is 11.8 Å². The molecule has 35 heavy (non-hydrogen) atoms. The fourth-order valence-corrected chi connectivity index (χ4v) is 12.3. The van der Waals surface area contributed by atoms with Crippen molar-refractivity contribution in [2.24, 2.45) is 0 Å². The SMILES string of the molecule is C[Si]1(C)c2ccccc2-c2cc(-c3ccc([Si](C)(c4ccccc4)c4ccccc4)cn3)ccc21. The van der Waals surface area contributed by atoms with Gasteiger partial charge >= 0.3 is 0 Å². The zero-order valence-electron chi connectivity index (χ0n) is 20.5. The summed E-state index contributed by atoms with van der Waals surface area (Å²) >= 11 is 0. The number of hydrogen-bond donors (Lipinski definition) is 0.